The average Bonchev–Trinajstić information content (AvgIpc) is 2.93. The third-order valence-corrected chi connectivity index (χ3v) is 3.89. The lowest BCUT2D eigenvalue weighted by Gasteiger charge is -2.12. The van der Waals surface area contributed by atoms with E-state index in [0.717, 1.165) is 12.8 Å². The van der Waals surface area contributed by atoms with Gasteiger partial charge in [-0.25, -0.2) is 0 Å². The van der Waals surface area contributed by atoms with Crippen molar-refractivity contribution in [2.24, 2.45) is 5.41 Å². The van der Waals surface area contributed by atoms with Crippen LogP contribution in [0.3, 0.4) is 0 Å². The van der Waals surface area contributed by atoms with E-state index in [1.807, 2.05) is 0 Å². The minimum Gasteiger partial charge on any atom is -0.481 e. The zero-order valence-corrected chi connectivity index (χ0v) is 10.4. The molecule has 8 heteroatoms. The molecule has 1 aliphatic carbocycles. The van der Waals surface area contributed by atoms with E-state index in [-0.39, 0.29) is 17.6 Å². The van der Waals surface area contributed by atoms with Gasteiger partial charge in [0.1, 0.15) is 6.54 Å². The Bertz CT molecular complexity index is 329. The van der Waals surface area contributed by atoms with Gasteiger partial charge < -0.3 is 10.4 Å². The number of hydrogen-bond acceptors (Lipinski definition) is 3. The molecule has 104 valence electrons. The first-order chi connectivity index (χ1) is 8.22. The highest BCUT2D eigenvalue weighted by Gasteiger charge is 2.44. The normalized spacial score (nSPS) is 17.3. The topological polar surface area (TPSA) is 66.4 Å². The number of thioether (sulfide) groups is 1. The van der Waals surface area contributed by atoms with E-state index in [2.05, 4.69) is 0 Å². The van der Waals surface area contributed by atoms with E-state index >= 15 is 0 Å². The zero-order chi connectivity index (χ0) is 13.8. The minimum absolute atomic E-state index is 0.0597. The van der Waals surface area contributed by atoms with Crippen LogP contribution in [0.5, 0.6) is 0 Å². The molecule has 2 N–H and O–H groups in total. The summed E-state index contributed by atoms with van der Waals surface area (Å²) in [6.45, 7) is -1.33. The van der Waals surface area contributed by atoms with Crippen molar-refractivity contribution in [1.82, 2.24) is 5.32 Å². The lowest BCUT2D eigenvalue weighted by molar-refractivity contribution is -0.138. The van der Waals surface area contributed by atoms with Crippen molar-refractivity contribution in [2.45, 2.75) is 25.4 Å². The van der Waals surface area contributed by atoms with Crippen molar-refractivity contribution in [2.75, 3.05) is 18.1 Å². The molecule has 1 rings (SSSR count). The van der Waals surface area contributed by atoms with Crippen molar-refractivity contribution < 1.29 is 27.9 Å². The van der Waals surface area contributed by atoms with Crippen molar-refractivity contribution in [1.29, 1.82) is 0 Å². The molecule has 1 amide bonds. The van der Waals surface area contributed by atoms with Gasteiger partial charge in [-0.15, -0.1) is 0 Å². The molecule has 1 saturated carbocycles. The molecule has 0 aromatic carbocycles. The number of aliphatic carboxylic acids is 1. The fourth-order valence-corrected chi connectivity index (χ4v) is 2.69. The fraction of sp³-hybridized carbons (Fsp3) is 0.800. The number of amides is 1. The van der Waals surface area contributed by atoms with E-state index in [4.69, 9.17) is 5.11 Å². The Hall–Kier alpha value is -0.920. The van der Waals surface area contributed by atoms with Crippen molar-refractivity contribution >= 4 is 23.6 Å². The molecule has 0 aromatic heterocycles. The number of alkyl halides is 3. The number of carboxylic acids is 1. The average molecular weight is 285 g/mol. The maximum atomic E-state index is 11.8. The van der Waals surface area contributed by atoms with E-state index < -0.39 is 24.6 Å². The van der Waals surface area contributed by atoms with E-state index in [1.165, 1.54) is 11.8 Å². The first kappa shape index (κ1) is 15.1. The van der Waals surface area contributed by atoms with Crippen LogP contribution in [0, 0.1) is 5.41 Å². The van der Waals surface area contributed by atoms with Gasteiger partial charge in [-0.05, 0) is 24.0 Å². The van der Waals surface area contributed by atoms with Crippen LogP contribution in [0.15, 0.2) is 0 Å². The van der Waals surface area contributed by atoms with Crippen molar-refractivity contribution in [3.05, 3.63) is 0 Å². The smallest absolute Gasteiger partial charge is 0.405 e. The van der Waals surface area contributed by atoms with E-state index in [0.29, 0.717) is 5.75 Å². The van der Waals surface area contributed by atoms with Crippen LogP contribution in [0.2, 0.25) is 0 Å². The Morgan fingerprint density at radius 3 is 2.39 bits per heavy atom. The Morgan fingerprint density at radius 1 is 1.33 bits per heavy atom. The largest absolute Gasteiger partial charge is 0.481 e. The Labute approximate surface area is 106 Å². The van der Waals surface area contributed by atoms with Gasteiger partial charge in [0.25, 0.3) is 0 Å². The van der Waals surface area contributed by atoms with Gasteiger partial charge in [0, 0.05) is 0 Å². The second-order valence-electron chi connectivity index (χ2n) is 4.46. The predicted octanol–water partition coefficient (Wildman–Crippen LogP) is 1.65. The van der Waals surface area contributed by atoms with Crippen LogP contribution in [-0.2, 0) is 9.59 Å². The quantitative estimate of drug-likeness (QED) is 0.746. The molecule has 4 nitrogen and oxygen atoms in total. The summed E-state index contributed by atoms with van der Waals surface area (Å²) < 4.78 is 35.4. The van der Waals surface area contributed by atoms with Gasteiger partial charge in [0.15, 0.2) is 0 Å². The fourth-order valence-electron chi connectivity index (χ4n) is 1.48. The molecule has 0 heterocycles. The number of halogens is 3. The predicted molar refractivity (Wildman–Crippen MR) is 60.3 cm³/mol. The number of carbonyl (C=O) groups is 2. The number of carboxylic acid groups (broad SMARTS) is 1. The van der Waals surface area contributed by atoms with Crippen LogP contribution in [0.1, 0.15) is 19.3 Å². The molecule has 0 radical (unpaired) electrons. The highest BCUT2D eigenvalue weighted by atomic mass is 32.2. The Kier molecular flexibility index (Phi) is 4.89. The van der Waals surface area contributed by atoms with Crippen LogP contribution in [0.25, 0.3) is 0 Å². The van der Waals surface area contributed by atoms with Gasteiger partial charge in [-0.3, -0.25) is 9.59 Å². The van der Waals surface area contributed by atoms with Crippen LogP contribution in [0.4, 0.5) is 13.2 Å². The SMILES string of the molecule is O=C(O)CC1(CSCC(=O)NCC(F)(F)F)CC1. The van der Waals surface area contributed by atoms with Crippen molar-refractivity contribution in [3.63, 3.8) is 0 Å². The lowest BCUT2D eigenvalue weighted by atomic mass is 10.1. The minimum atomic E-state index is -4.40. The molecular weight excluding hydrogens is 271 g/mol. The Balaban J connectivity index is 2.14. The molecule has 0 bridgehead atoms. The molecule has 0 atom stereocenters. The van der Waals surface area contributed by atoms with Gasteiger partial charge in [0.05, 0.1) is 12.2 Å². The Morgan fingerprint density at radius 2 is 1.94 bits per heavy atom. The summed E-state index contributed by atoms with van der Waals surface area (Å²) >= 11 is 1.18. The van der Waals surface area contributed by atoms with Crippen LogP contribution < -0.4 is 5.32 Å². The standard InChI is InChI=1S/C10H14F3NO3S/c11-10(12,13)5-14-7(15)4-18-6-9(1-2-9)3-8(16)17/h1-6H2,(H,14,15)(H,16,17). The van der Waals surface area contributed by atoms with Gasteiger partial charge >= 0.3 is 12.1 Å². The van der Waals surface area contributed by atoms with E-state index in [9.17, 15) is 22.8 Å². The maximum Gasteiger partial charge on any atom is 0.405 e. The maximum absolute atomic E-state index is 11.8. The molecule has 0 aromatic rings. The summed E-state index contributed by atoms with van der Waals surface area (Å²) in [4.78, 5) is 21.6. The van der Waals surface area contributed by atoms with Crippen molar-refractivity contribution in [3.8, 4) is 0 Å². The monoisotopic (exact) mass is 285 g/mol. The molecule has 0 unspecified atom stereocenters. The first-order valence-electron chi connectivity index (χ1n) is 5.35. The summed E-state index contributed by atoms with van der Waals surface area (Å²) in [5.41, 5.74) is -0.249. The number of hydrogen-bond donors (Lipinski definition) is 2. The number of nitrogens with one attached hydrogen (secondary N) is 1. The highest BCUT2D eigenvalue weighted by Crippen LogP contribution is 2.50. The molecular formula is C10H14F3NO3S. The lowest BCUT2D eigenvalue weighted by Crippen LogP contribution is -2.34. The number of carbonyl (C=O) groups excluding carboxylic acids is 1. The molecule has 0 spiro atoms. The molecule has 1 fully saturated rings. The third-order valence-electron chi connectivity index (χ3n) is 2.61. The second-order valence-corrected chi connectivity index (χ2v) is 5.44. The van der Waals surface area contributed by atoms with Gasteiger partial charge in [-0.2, -0.15) is 24.9 Å². The first-order valence-corrected chi connectivity index (χ1v) is 6.51. The molecule has 0 saturated heterocycles. The molecule has 0 aliphatic heterocycles. The highest BCUT2D eigenvalue weighted by molar-refractivity contribution is 7.99. The third kappa shape index (κ3) is 6.13. The zero-order valence-electron chi connectivity index (χ0n) is 9.55. The summed E-state index contributed by atoms with van der Waals surface area (Å²) in [7, 11) is 0. The summed E-state index contributed by atoms with van der Waals surface area (Å²) in [5.74, 6) is -1.13. The number of rotatable bonds is 7. The second kappa shape index (κ2) is 5.81. The molecule has 18 heavy (non-hydrogen) atoms. The summed E-state index contributed by atoms with van der Waals surface area (Å²) in [6.07, 6.45) is -2.74. The van der Waals surface area contributed by atoms with Crippen LogP contribution in [-0.4, -0.2) is 41.2 Å². The van der Waals surface area contributed by atoms with Gasteiger partial charge in [0.2, 0.25) is 5.91 Å². The van der Waals surface area contributed by atoms with E-state index in [1.54, 1.807) is 5.32 Å². The summed E-state index contributed by atoms with van der Waals surface area (Å²) in [6, 6.07) is 0. The summed E-state index contributed by atoms with van der Waals surface area (Å²) in [5, 5.41) is 10.4. The van der Waals surface area contributed by atoms with Crippen LogP contribution >= 0.6 is 11.8 Å². The van der Waals surface area contributed by atoms with Gasteiger partial charge in [-0.1, -0.05) is 0 Å². The molecule has 1 aliphatic rings.